The number of aliphatic hydroxyl groups excluding tert-OH is 2. The molecule has 3 N–H and O–H groups in total. The Bertz CT molecular complexity index is 838. The van der Waals surface area contributed by atoms with E-state index in [1.165, 1.54) is 0 Å². The molecule has 0 saturated carbocycles. The van der Waals surface area contributed by atoms with Crippen molar-refractivity contribution in [2.24, 2.45) is 11.8 Å². The summed E-state index contributed by atoms with van der Waals surface area (Å²) in [7, 11) is 1.57. The van der Waals surface area contributed by atoms with Crippen LogP contribution in [-0.4, -0.2) is 39.1 Å². The largest absolute Gasteiger partial charge is 0.512 e. The van der Waals surface area contributed by atoms with Crippen LogP contribution < -0.4 is 4.74 Å². The van der Waals surface area contributed by atoms with E-state index >= 15 is 0 Å². The molecule has 1 heterocycles. The summed E-state index contributed by atoms with van der Waals surface area (Å²) >= 11 is 0. The maximum absolute atomic E-state index is 11.5. The predicted octanol–water partition coefficient (Wildman–Crippen LogP) is 3.57. The molecule has 0 aliphatic heterocycles. The molecule has 0 spiro atoms. The highest BCUT2D eigenvalue weighted by atomic mass is 16.5. The zero-order valence-corrected chi connectivity index (χ0v) is 16.0. The van der Waals surface area contributed by atoms with Gasteiger partial charge in [0, 0.05) is 11.8 Å². The van der Waals surface area contributed by atoms with Crippen molar-refractivity contribution in [2.75, 3.05) is 7.11 Å². The lowest BCUT2D eigenvalue weighted by Gasteiger charge is -2.42. The number of aromatic nitrogens is 1. The average molecular weight is 369 g/mol. The van der Waals surface area contributed by atoms with Gasteiger partial charge in [0.2, 0.25) is 0 Å². The molecule has 0 aromatic carbocycles. The lowest BCUT2D eigenvalue weighted by molar-refractivity contribution is 0.0303. The van der Waals surface area contributed by atoms with E-state index in [0.29, 0.717) is 29.7 Å². The van der Waals surface area contributed by atoms with Crippen molar-refractivity contribution in [3.63, 3.8) is 0 Å². The van der Waals surface area contributed by atoms with Gasteiger partial charge >= 0.3 is 0 Å². The Morgan fingerprint density at radius 1 is 1.33 bits per heavy atom. The molecule has 5 heteroatoms. The minimum absolute atomic E-state index is 0.0902. The van der Waals surface area contributed by atoms with Crippen molar-refractivity contribution in [3.8, 4) is 5.75 Å². The highest BCUT2D eigenvalue weighted by Crippen LogP contribution is 2.46. The number of nitrogens with zero attached hydrogens (tertiary/aromatic N) is 1. The first-order valence-electron chi connectivity index (χ1n) is 9.14. The number of rotatable bonds is 4. The van der Waals surface area contributed by atoms with Crippen LogP contribution >= 0.6 is 0 Å². The Balaban J connectivity index is 2.05. The maximum Gasteiger partial charge on any atom is 0.137 e. The van der Waals surface area contributed by atoms with Crippen LogP contribution in [0.1, 0.15) is 32.3 Å². The van der Waals surface area contributed by atoms with Gasteiger partial charge in [0.25, 0.3) is 0 Å². The van der Waals surface area contributed by atoms with Gasteiger partial charge in [0.05, 0.1) is 25.3 Å². The molecule has 0 saturated heterocycles. The second-order valence-electron chi connectivity index (χ2n) is 7.53. The number of hydrogen-bond acceptors (Lipinski definition) is 5. The molecule has 0 amide bonds. The van der Waals surface area contributed by atoms with Crippen molar-refractivity contribution >= 4 is 5.57 Å². The number of methoxy groups -OCH3 is 1. The summed E-state index contributed by atoms with van der Waals surface area (Å²) in [5.41, 5.74) is 1.43. The number of pyridine rings is 1. The van der Waals surface area contributed by atoms with Crippen molar-refractivity contribution in [2.45, 2.75) is 38.4 Å². The second kappa shape index (κ2) is 7.33. The van der Waals surface area contributed by atoms with Crippen LogP contribution in [0.15, 0.2) is 60.2 Å². The zero-order chi connectivity index (χ0) is 19.8. The number of hydrogen-bond donors (Lipinski definition) is 3. The van der Waals surface area contributed by atoms with Gasteiger partial charge in [-0.2, -0.15) is 0 Å². The van der Waals surface area contributed by atoms with Gasteiger partial charge in [-0.05, 0) is 67.5 Å². The summed E-state index contributed by atoms with van der Waals surface area (Å²) in [6, 6.07) is 1.81. The summed E-state index contributed by atoms with van der Waals surface area (Å²) in [5.74, 6) is 0.0701. The first-order valence-corrected chi connectivity index (χ1v) is 9.14. The highest BCUT2D eigenvalue weighted by molar-refractivity contribution is 5.78. The average Bonchev–Trinajstić information content (AvgIpc) is 2.64. The van der Waals surface area contributed by atoms with Gasteiger partial charge in [-0.3, -0.25) is 4.98 Å². The number of aliphatic hydroxyl groups is 3. The molecule has 4 atom stereocenters. The quantitative estimate of drug-likeness (QED) is 0.707. The Morgan fingerprint density at radius 2 is 2.07 bits per heavy atom. The van der Waals surface area contributed by atoms with Crippen LogP contribution in [0.5, 0.6) is 5.75 Å². The SMILES string of the molecule is C=C(C)C1(O)C=C(c2cncc(OC)c2)C=C(O)[C@@H]1C1C=C(C)C(O)CC1. The normalized spacial score (nSPS) is 30.9. The van der Waals surface area contributed by atoms with Crippen molar-refractivity contribution in [1.82, 2.24) is 4.98 Å². The highest BCUT2D eigenvalue weighted by Gasteiger charge is 2.45. The smallest absolute Gasteiger partial charge is 0.137 e. The van der Waals surface area contributed by atoms with Gasteiger partial charge in [0.1, 0.15) is 17.1 Å². The zero-order valence-electron chi connectivity index (χ0n) is 16.0. The molecule has 144 valence electrons. The van der Waals surface area contributed by atoms with E-state index in [1.54, 1.807) is 38.6 Å². The minimum atomic E-state index is -1.40. The lowest BCUT2D eigenvalue weighted by Crippen LogP contribution is -2.44. The molecule has 5 nitrogen and oxygen atoms in total. The molecule has 0 fully saturated rings. The molecular weight excluding hydrogens is 342 g/mol. The monoisotopic (exact) mass is 369 g/mol. The van der Waals surface area contributed by atoms with Crippen LogP contribution in [0.2, 0.25) is 0 Å². The molecule has 1 aromatic heterocycles. The fourth-order valence-corrected chi connectivity index (χ4v) is 4.01. The Hall–Kier alpha value is -2.37. The van der Waals surface area contributed by atoms with Crippen LogP contribution in [0.25, 0.3) is 5.57 Å². The fourth-order valence-electron chi connectivity index (χ4n) is 4.01. The van der Waals surface area contributed by atoms with E-state index in [9.17, 15) is 15.3 Å². The summed E-state index contributed by atoms with van der Waals surface area (Å²) in [4.78, 5) is 4.16. The molecular formula is C22H27NO4. The van der Waals surface area contributed by atoms with E-state index in [2.05, 4.69) is 11.6 Å². The third-order valence-electron chi connectivity index (χ3n) is 5.64. The first kappa shape index (κ1) is 19.4. The van der Waals surface area contributed by atoms with Gasteiger partial charge in [0.15, 0.2) is 0 Å². The molecule has 1 aromatic rings. The standard InChI is InChI=1S/C22H27NO4/c1-13(2)22(26)10-16(17-8-18(27-4)12-23-11-17)9-20(25)21(22)15-5-6-19(24)14(3)7-15/h7-12,15,19,21,24-26H,1,5-6H2,2-4H3/t15?,19?,21-,22?/m0/s1. The van der Waals surface area contributed by atoms with Crippen molar-refractivity contribution in [3.05, 3.63) is 65.7 Å². The second-order valence-corrected chi connectivity index (χ2v) is 7.53. The number of ether oxygens (including phenoxy) is 1. The van der Waals surface area contributed by atoms with Crippen molar-refractivity contribution in [1.29, 1.82) is 0 Å². The minimum Gasteiger partial charge on any atom is -0.512 e. The van der Waals surface area contributed by atoms with E-state index in [1.807, 2.05) is 19.1 Å². The molecule has 0 radical (unpaired) electrons. The summed E-state index contributed by atoms with van der Waals surface area (Å²) in [6.07, 6.45) is 9.48. The molecule has 27 heavy (non-hydrogen) atoms. The van der Waals surface area contributed by atoms with E-state index < -0.39 is 17.6 Å². The molecule has 2 aliphatic rings. The van der Waals surface area contributed by atoms with Crippen molar-refractivity contribution < 1.29 is 20.1 Å². The Kier molecular flexibility index (Phi) is 5.27. The van der Waals surface area contributed by atoms with E-state index in [0.717, 1.165) is 11.1 Å². The van der Waals surface area contributed by atoms with Crippen LogP contribution in [0, 0.1) is 11.8 Å². The molecule has 3 unspecified atom stereocenters. The third-order valence-corrected chi connectivity index (χ3v) is 5.64. The number of allylic oxidation sites excluding steroid dienone is 3. The topological polar surface area (TPSA) is 82.8 Å². The summed E-state index contributed by atoms with van der Waals surface area (Å²) in [5, 5.41) is 32.4. The molecule has 3 rings (SSSR count). The molecule has 0 bridgehead atoms. The summed E-state index contributed by atoms with van der Waals surface area (Å²) < 4.78 is 5.23. The van der Waals surface area contributed by atoms with Gasteiger partial charge in [-0.15, -0.1) is 0 Å². The fraction of sp³-hybridized carbons (Fsp3) is 0.409. The first-order chi connectivity index (χ1) is 12.8. The third kappa shape index (κ3) is 3.57. The van der Waals surface area contributed by atoms with E-state index in [4.69, 9.17) is 4.74 Å². The summed E-state index contributed by atoms with van der Waals surface area (Å²) in [6.45, 7) is 7.62. The lowest BCUT2D eigenvalue weighted by atomic mass is 9.66. The van der Waals surface area contributed by atoms with Gasteiger partial charge < -0.3 is 20.1 Å². The van der Waals surface area contributed by atoms with Crippen LogP contribution in [0.4, 0.5) is 0 Å². The molecule has 2 aliphatic carbocycles. The Labute approximate surface area is 160 Å². The van der Waals surface area contributed by atoms with Gasteiger partial charge in [-0.1, -0.05) is 12.7 Å². The predicted molar refractivity (Wildman–Crippen MR) is 105 cm³/mol. The van der Waals surface area contributed by atoms with E-state index in [-0.39, 0.29) is 11.7 Å². The van der Waals surface area contributed by atoms with Gasteiger partial charge in [-0.25, -0.2) is 0 Å². The maximum atomic E-state index is 11.5. The van der Waals surface area contributed by atoms with Crippen LogP contribution in [0.3, 0.4) is 0 Å². The van der Waals surface area contributed by atoms with Crippen LogP contribution in [-0.2, 0) is 0 Å². The Morgan fingerprint density at radius 3 is 2.70 bits per heavy atom.